The average molecular weight is 381 g/mol. The predicted molar refractivity (Wildman–Crippen MR) is 93.7 cm³/mol. The van der Waals surface area contributed by atoms with Crippen molar-refractivity contribution >= 4 is 5.91 Å². The second-order valence-corrected chi connectivity index (χ2v) is 6.28. The molecule has 1 N–H and O–H groups in total. The van der Waals surface area contributed by atoms with Crippen molar-refractivity contribution < 1.29 is 23.1 Å². The third-order valence-corrected chi connectivity index (χ3v) is 4.21. The summed E-state index contributed by atoms with van der Waals surface area (Å²) < 4.78 is 37.9. The lowest BCUT2D eigenvalue weighted by molar-refractivity contribution is -0.141. The van der Waals surface area contributed by atoms with Gasteiger partial charge in [-0.3, -0.25) is 14.8 Å². The number of carbonyl (C=O) groups excluding carboxylic acids is 1. The van der Waals surface area contributed by atoms with Crippen LogP contribution in [0.15, 0.2) is 42.9 Å². The van der Waals surface area contributed by atoms with Crippen LogP contribution in [0.5, 0.6) is 0 Å². The summed E-state index contributed by atoms with van der Waals surface area (Å²) in [6, 6.07) is 5.55. The van der Waals surface area contributed by atoms with Gasteiger partial charge in [0.2, 0.25) is 5.91 Å². The van der Waals surface area contributed by atoms with Crippen LogP contribution in [0.1, 0.15) is 49.1 Å². The Morgan fingerprint density at radius 1 is 1.22 bits per heavy atom. The van der Waals surface area contributed by atoms with Gasteiger partial charge in [-0.05, 0) is 31.0 Å². The highest BCUT2D eigenvalue weighted by atomic mass is 19.4. The highest BCUT2D eigenvalue weighted by Gasteiger charge is 2.32. The van der Waals surface area contributed by atoms with E-state index >= 15 is 0 Å². The lowest BCUT2D eigenvalue weighted by Crippen LogP contribution is -2.38. The van der Waals surface area contributed by atoms with E-state index in [0.29, 0.717) is 24.1 Å². The molecule has 0 aromatic carbocycles. The Balaban J connectivity index is 2.13. The second-order valence-electron chi connectivity index (χ2n) is 6.28. The smallest absolute Gasteiger partial charge is 0.386 e. The molecule has 2 aromatic heterocycles. The van der Waals surface area contributed by atoms with E-state index in [1.54, 1.807) is 25.3 Å². The SMILES string of the molecule is CCCN(CC(O)c1cccnc1)C(=O)C(C)c1ccc(C(F)(F)F)nc1. The Morgan fingerprint density at radius 2 is 1.96 bits per heavy atom. The molecule has 0 aliphatic heterocycles. The van der Waals surface area contributed by atoms with Crippen LogP contribution in [-0.4, -0.2) is 39.0 Å². The molecular formula is C19H22F3N3O2. The molecule has 0 bridgehead atoms. The maximum Gasteiger partial charge on any atom is 0.433 e. The minimum absolute atomic E-state index is 0.0801. The van der Waals surface area contributed by atoms with Gasteiger partial charge in [-0.1, -0.05) is 19.1 Å². The number of hydrogen-bond acceptors (Lipinski definition) is 4. The summed E-state index contributed by atoms with van der Waals surface area (Å²) in [5, 5.41) is 10.4. The lowest BCUT2D eigenvalue weighted by Gasteiger charge is -2.28. The van der Waals surface area contributed by atoms with E-state index in [2.05, 4.69) is 9.97 Å². The van der Waals surface area contributed by atoms with Gasteiger partial charge >= 0.3 is 6.18 Å². The van der Waals surface area contributed by atoms with Crippen molar-refractivity contribution in [2.24, 2.45) is 0 Å². The van der Waals surface area contributed by atoms with Crippen molar-refractivity contribution in [3.63, 3.8) is 0 Å². The predicted octanol–water partition coefficient (Wildman–Crippen LogP) is 3.57. The van der Waals surface area contributed by atoms with E-state index in [4.69, 9.17) is 0 Å². The molecule has 8 heteroatoms. The van der Waals surface area contributed by atoms with E-state index in [9.17, 15) is 23.1 Å². The first kappa shape index (κ1) is 20.8. The van der Waals surface area contributed by atoms with Gasteiger partial charge in [0.25, 0.3) is 0 Å². The molecule has 2 atom stereocenters. The summed E-state index contributed by atoms with van der Waals surface area (Å²) in [6.45, 7) is 4.03. The van der Waals surface area contributed by atoms with Crippen LogP contribution < -0.4 is 0 Å². The van der Waals surface area contributed by atoms with E-state index < -0.39 is 23.9 Å². The maximum atomic E-state index is 12.8. The summed E-state index contributed by atoms with van der Waals surface area (Å²) >= 11 is 0. The number of carbonyl (C=O) groups is 1. The average Bonchev–Trinajstić information content (AvgIpc) is 2.66. The van der Waals surface area contributed by atoms with Gasteiger partial charge in [0.05, 0.1) is 18.6 Å². The van der Waals surface area contributed by atoms with Crippen molar-refractivity contribution in [1.29, 1.82) is 0 Å². The summed E-state index contributed by atoms with van der Waals surface area (Å²) in [7, 11) is 0. The monoisotopic (exact) mass is 381 g/mol. The van der Waals surface area contributed by atoms with Gasteiger partial charge in [0.15, 0.2) is 0 Å². The van der Waals surface area contributed by atoms with Gasteiger partial charge in [0, 0.05) is 30.7 Å². The summed E-state index contributed by atoms with van der Waals surface area (Å²) in [6.07, 6.45) is -0.537. The van der Waals surface area contributed by atoms with Crippen molar-refractivity contribution in [2.75, 3.05) is 13.1 Å². The van der Waals surface area contributed by atoms with Gasteiger partial charge in [-0.25, -0.2) is 0 Å². The molecule has 0 spiro atoms. The third-order valence-electron chi connectivity index (χ3n) is 4.21. The molecule has 27 heavy (non-hydrogen) atoms. The van der Waals surface area contributed by atoms with Gasteiger partial charge in [0.1, 0.15) is 5.69 Å². The first-order chi connectivity index (χ1) is 12.7. The first-order valence-corrected chi connectivity index (χ1v) is 8.64. The second kappa shape index (κ2) is 8.94. The van der Waals surface area contributed by atoms with E-state index in [1.807, 2.05) is 6.92 Å². The zero-order valence-corrected chi connectivity index (χ0v) is 15.1. The third kappa shape index (κ3) is 5.50. The zero-order valence-electron chi connectivity index (χ0n) is 15.1. The molecule has 146 valence electrons. The molecule has 0 aliphatic carbocycles. The Labute approximate surface area is 155 Å². The number of halogens is 3. The summed E-state index contributed by atoms with van der Waals surface area (Å²) in [5.74, 6) is -0.950. The standard InChI is InChI=1S/C19H22F3N3O2/c1-3-9-25(12-16(26)15-5-4-8-23-10-15)18(27)13(2)14-6-7-17(24-11-14)19(20,21)22/h4-8,10-11,13,16,26H,3,9,12H2,1-2H3. The highest BCUT2D eigenvalue weighted by molar-refractivity contribution is 5.83. The zero-order chi connectivity index (χ0) is 20.0. The van der Waals surface area contributed by atoms with Crippen LogP contribution in [0.25, 0.3) is 0 Å². The van der Waals surface area contributed by atoms with Crippen molar-refractivity contribution in [3.8, 4) is 0 Å². The Kier molecular flexibility index (Phi) is 6.90. The Morgan fingerprint density at radius 3 is 2.48 bits per heavy atom. The number of aromatic nitrogens is 2. The fraction of sp³-hybridized carbons (Fsp3) is 0.421. The molecule has 0 saturated carbocycles. The molecule has 1 amide bonds. The van der Waals surface area contributed by atoms with Crippen LogP contribution in [0.4, 0.5) is 13.2 Å². The van der Waals surface area contributed by atoms with Crippen LogP contribution in [0.2, 0.25) is 0 Å². The number of aliphatic hydroxyl groups is 1. The quantitative estimate of drug-likeness (QED) is 0.796. The number of rotatable bonds is 7. The largest absolute Gasteiger partial charge is 0.433 e. The van der Waals surface area contributed by atoms with Crippen molar-refractivity contribution in [3.05, 3.63) is 59.7 Å². The van der Waals surface area contributed by atoms with E-state index in [1.165, 1.54) is 17.2 Å². The van der Waals surface area contributed by atoms with Crippen LogP contribution in [0.3, 0.4) is 0 Å². The molecule has 0 aliphatic rings. The minimum atomic E-state index is -4.52. The Hall–Kier alpha value is -2.48. The van der Waals surface area contributed by atoms with Crippen LogP contribution in [0, 0.1) is 0 Å². The molecular weight excluding hydrogens is 359 g/mol. The lowest BCUT2D eigenvalue weighted by atomic mass is 10.0. The molecule has 2 heterocycles. The fourth-order valence-electron chi connectivity index (χ4n) is 2.69. The van der Waals surface area contributed by atoms with E-state index in [-0.39, 0.29) is 12.5 Å². The van der Waals surface area contributed by atoms with Gasteiger partial charge < -0.3 is 10.0 Å². The topological polar surface area (TPSA) is 66.3 Å². The maximum absolute atomic E-state index is 12.8. The van der Waals surface area contributed by atoms with E-state index in [0.717, 1.165) is 12.3 Å². The first-order valence-electron chi connectivity index (χ1n) is 8.64. The minimum Gasteiger partial charge on any atom is -0.386 e. The van der Waals surface area contributed by atoms with Gasteiger partial charge in [-0.15, -0.1) is 0 Å². The van der Waals surface area contributed by atoms with Crippen LogP contribution >= 0.6 is 0 Å². The number of amides is 1. The molecule has 0 fully saturated rings. The number of alkyl halides is 3. The number of aliphatic hydroxyl groups excluding tert-OH is 1. The molecule has 2 aromatic rings. The molecule has 0 saturated heterocycles. The Bertz CT molecular complexity index is 736. The van der Waals surface area contributed by atoms with Crippen molar-refractivity contribution in [1.82, 2.24) is 14.9 Å². The normalized spacial score (nSPS) is 13.9. The molecule has 5 nitrogen and oxygen atoms in total. The summed E-state index contributed by atoms with van der Waals surface area (Å²) in [4.78, 5) is 21.7. The van der Waals surface area contributed by atoms with Crippen molar-refractivity contribution in [2.45, 2.75) is 38.5 Å². The number of hydrogen-bond donors (Lipinski definition) is 1. The fourth-order valence-corrected chi connectivity index (χ4v) is 2.69. The number of nitrogens with zero attached hydrogens (tertiary/aromatic N) is 3. The highest BCUT2D eigenvalue weighted by Crippen LogP contribution is 2.28. The molecule has 2 unspecified atom stereocenters. The molecule has 2 rings (SSSR count). The number of pyridine rings is 2. The molecule has 0 radical (unpaired) electrons. The summed E-state index contributed by atoms with van der Waals surface area (Å²) in [5.41, 5.74) is -0.0106. The van der Waals surface area contributed by atoms with Gasteiger partial charge in [-0.2, -0.15) is 13.2 Å². The van der Waals surface area contributed by atoms with Crippen LogP contribution in [-0.2, 0) is 11.0 Å².